The molecule has 0 rings (SSSR count). The van der Waals surface area contributed by atoms with Crippen molar-refractivity contribution in [2.24, 2.45) is 0 Å². The standard InChI is InChI=1S/C52H101NO5/c1-3-5-7-9-11-13-15-16-17-18-22-26-30-34-38-42-46-52(57)58-47-43-39-35-31-27-23-20-19-21-25-29-33-37-41-45-51(56)53-49(48-54)50(55)44-40-36-32-28-24-14-12-10-8-6-4-2/h40,44,49-50,54-55H,3-39,41-43,45-48H2,1-2H3,(H,53,56)/b44-40+. The molecule has 58 heavy (non-hydrogen) atoms. The second-order valence-electron chi connectivity index (χ2n) is 17.9. The Bertz CT molecular complexity index is 863. The average Bonchev–Trinajstić information content (AvgIpc) is 3.22. The highest BCUT2D eigenvalue weighted by molar-refractivity contribution is 5.76. The highest BCUT2D eigenvalue weighted by atomic mass is 16.5. The van der Waals surface area contributed by atoms with E-state index in [2.05, 4.69) is 19.2 Å². The van der Waals surface area contributed by atoms with Gasteiger partial charge in [0, 0.05) is 12.8 Å². The van der Waals surface area contributed by atoms with Crippen LogP contribution < -0.4 is 5.32 Å². The summed E-state index contributed by atoms with van der Waals surface area (Å²) in [5, 5.41) is 23.0. The Morgan fingerprint density at radius 1 is 0.466 bits per heavy atom. The van der Waals surface area contributed by atoms with Crippen molar-refractivity contribution in [3.63, 3.8) is 0 Å². The molecule has 6 heteroatoms. The van der Waals surface area contributed by atoms with Gasteiger partial charge in [-0.05, 0) is 32.1 Å². The van der Waals surface area contributed by atoms with E-state index in [0.717, 1.165) is 57.8 Å². The van der Waals surface area contributed by atoms with Gasteiger partial charge >= 0.3 is 5.97 Å². The minimum Gasteiger partial charge on any atom is -0.466 e. The molecule has 0 saturated carbocycles. The topological polar surface area (TPSA) is 95.9 Å². The van der Waals surface area contributed by atoms with Crippen LogP contribution in [0.15, 0.2) is 12.2 Å². The predicted octanol–water partition coefficient (Wildman–Crippen LogP) is 15.3. The Kier molecular flexibility index (Phi) is 47.1. The molecule has 0 saturated heterocycles. The molecule has 0 aromatic rings. The number of nitrogens with one attached hydrogen (secondary N) is 1. The Labute approximate surface area is 361 Å². The van der Waals surface area contributed by atoms with E-state index >= 15 is 0 Å². The molecule has 6 nitrogen and oxygen atoms in total. The molecule has 0 aliphatic heterocycles. The normalized spacial score (nSPS) is 12.7. The van der Waals surface area contributed by atoms with Crippen molar-refractivity contribution in [2.75, 3.05) is 13.2 Å². The smallest absolute Gasteiger partial charge is 0.305 e. The third-order valence-corrected chi connectivity index (χ3v) is 12.1. The number of carbonyl (C=O) groups excluding carboxylic acids is 2. The van der Waals surface area contributed by atoms with E-state index in [-0.39, 0.29) is 18.5 Å². The number of ether oxygens (including phenoxy) is 1. The van der Waals surface area contributed by atoms with Gasteiger partial charge in [-0.15, -0.1) is 0 Å². The van der Waals surface area contributed by atoms with Crippen molar-refractivity contribution in [2.45, 2.75) is 296 Å². The molecule has 2 atom stereocenters. The van der Waals surface area contributed by atoms with Gasteiger partial charge in [0.25, 0.3) is 0 Å². The highest BCUT2D eigenvalue weighted by Crippen LogP contribution is 2.16. The van der Waals surface area contributed by atoms with Crippen LogP contribution in [0, 0.1) is 0 Å². The van der Waals surface area contributed by atoms with E-state index in [4.69, 9.17) is 4.74 Å². The summed E-state index contributed by atoms with van der Waals surface area (Å²) in [6.07, 6.45) is 55.0. The van der Waals surface area contributed by atoms with Crippen molar-refractivity contribution >= 4 is 11.9 Å². The van der Waals surface area contributed by atoms with Crippen LogP contribution in [0.1, 0.15) is 284 Å². The average molecular weight is 820 g/mol. The van der Waals surface area contributed by atoms with Gasteiger partial charge in [-0.2, -0.15) is 0 Å². The number of esters is 1. The summed E-state index contributed by atoms with van der Waals surface area (Å²) in [5.74, 6) is -0.0791. The van der Waals surface area contributed by atoms with Crippen LogP contribution in [0.25, 0.3) is 0 Å². The van der Waals surface area contributed by atoms with Crippen LogP contribution in [0.4, 0.5) is 0 Å². The first kappa shape index (κ1) is 56.6. The third kappa shape index (κ3) is 44.2. The van der Waals surface area contributed by atoms with E-state index in [1.807, 2.05) is 6.08 Å². The number of aliphatic hydroxyl groups excluding tert-OH is 2. The van der Waals surface area contributed by atoms with Gasteiger partial charge in [0.2, 0.25) is 5.91 Å². The van der Waals surface area contributed by atoms with Crippen molar-refractivity contribution in [1.82, 2.24) is 5.32 Å². The van der Waals surface area contributed by atoms with Gasteiger partial charge in [-0.1, -0.05) is 251 Å². The summed E-state index contributed by atoms with van der Waals surface area (Å²) in [4.78, 5) is 24.4. The SMILES string of the molecule is CCCCCCCCCCC/C=C/C(O)C(CO)NC(=O)CCCCCCCCCCCCCCCCOC(=O)CCCCCCCCCCCCCCCCCC. The first-order valence-corrected chi connectivity index (χ1v) is 26.0. The minimum absolute atomic E-state index is 0.000146. The molecule has 1 amide bonds. The number of carbonyl (C=O) groups is 2. The molecule has 344 valence electrons. The van der Waals surface area contributed by atoms with Crippen molar-refractivity contribution in [3.05, 3.63) is 12.2 Å². The van der Waals surface area contributed by atoms with Crippen LogP contribution in [-0.2, 0) is 14.3 Å². The molecule has 0 fully saturated rings. The fourth-order valence-electron chi connectivity index (χ4n) is 8.05. The van der Waals surface area contributed by atoms with E-state index in [0.29, 0.717) is 19.4 Å². The van der Waals surface area contributed by atoms with E-state index in [1.165, 1.54) is 199 Å². The van der Waals surface area contributed by atoms with Crippen LogP contribution in [0.2, 0.25) is 0 Å². The quantitative estimate of drug-likeness (QED) is 0.0323. The fourth-order valence-corrected chi connectivity index (χ4v) is 8.05. The van der Waals surface area contributed by atoms with Crippen molar-refractivity contribution in [1.29, 1.82) is 0 Å². The summed E-state index contributed by atoms with van der Waals surface area (Å²) in [6, 6.07) is -0.633. The summed E-state index contributed by atoms with van der Waals surface area (Å²) in [7, 11) is 0. The zero-order valence-corrected chi connectivity index (χ0v) is 39.0. The number of aliphatic hydroxyl groups is 2. The maximum absolute atomic E-state index is 12.4. The molecular formula is C52H101NO5. The molecule has 0 aliphatic carbocycles. The summed E-state index contributed by atoms with van der Waals surface area (Å²) in [6.45, 7) is 4.88. The van der Waals surface area contributed by atoms with Gasteiger partial charge in [0.1, 0.15) is 0 Å². The van der Waals surface area contributed by atoms with Gasteiger partial charge < -0.3 is 20.3 Å². The monoisotopic (exact) mass is 820 g/mol. The molecular weight excluding hydrogens is 719 g/mol. The van der Waals surface area contributed by atoms with Crippen LogP contribution in [-0.4, -0.2) is 47.4 Å². The van der Waals surface area contributed by atoms with Gasteiger partial charge in [-0.25, -0.2) is 0 Å². The molecule has 0 aliphatic rings. The maximum Gasteiger partial charge on any atom is 0.305 e. The minimum atomic E-state index is -0.848. The van der Waals surface area contributed by atoms with Gasteiger partial charge in [0.05, 0.1) is 25.4 Å². The lowest BCUT2D eigenvalue weighted by Gasteiger charge is -2.20. The van der Waals surface area contributed by atoms with Gasteiger partial charge in [-0.3, -0.25) is 9.59 Å². The molecule has 0 spiro atoms. The summed E-state index contributed by atoms with van der Waals surface area (Å²) < 4.78 is 5.47. The molecule has 0 bridgehead atoms. The van der Waals surface area contributed by atoms with Gasteiger partial charge in [0.15, 0.2) is 0 Å². The predicted molar refractivity (Wildman–Crippen MR) is 250 cm³/mol. The summed E-state index contributed by atoms with van der Waals surface area (Å²) >= 11 is 0. The molecule has 2 unspecified atom stereocenters. The lowest BCUT2D eigenvalue weighted by Crippen LogP contribution is -2.45. The number of rotatable bonds is 48. The number of allylic oxidation sites excluding steroid dienone is 1. The van der Waals surface area contributed by atoms with Crippen LogP contribution in [0.3, 0.4) is 0 Å². The molecule has 0 aromatic carbocycles. The molecule has 0 heterocycles. The van der Waals surface area contributed by atoms with E-state index < -0.39 is 12.1 Å². The first-order chi connectivity index (χ1) is 28.5. The Morgan fingerprint density at radius 2 is 0.793 bits per heavy atom. The van der Waals surface area contributed by atoms with E-state index in [1.54, 1.807) is 6.08 Å². The molecule has 0 radical (unpaired) electrons. The first-order valence-electron chi connectivity index (χ1n) is 26.0. The Morgan fingerprint density at radius 3 is 1.17 bits per heavy atom. The lowest BCUT2D eigenvalue weighted by molar-refractivity contribution is -0.143. The Hall–Kier alpha value is -1.40. The second kappa shape index (κ2) is 48.3. The van der Waals surface area contributed by atoms with Crippen LogP contribution >= 0.6 is 0 Å². The molecule has 0 aromatic heterocycles. The largest absolute Gasteiger partial charge is 0.466 e. The highest BCUT2D eigenvalue weighted by Gasteiger charge is 2.18. The third-order valence-electron chi connectivity index (χ3n) is 12.1. The zero-order chi connectivity index (χ0) is 42.3. The fraction of sp³-hybridized carbons (Fsp3) is 0.923. The number of amides is 1. The summed E-state index contributed by atoms with van der Waals surface area (Å²) in [5.41, 5.74) is 0. The number of hydrogen-bond donors (Lipinski definition) is 3. The molecule has 3 N–H and O–H groups in total. The van der Waals surface area contributed by atoms with Crippen molar-refractivity contribution < 1.29 is 24.5 Å². The second-order valence-corrected chi connectivity index (χ2v) is 17.9. The Balaban J connectivity index is 3.43. The number of hydrogen-bond acceptors (Lipinski definition) is 5. The van der Waals surface area contributed by atoms with Crippen LogP contribution in [0.5, 0.6) is 0 Å². The van der Waals surface area contributed by atoms with E-state index in [9.17, 15) is 19.8 Å². The zero-order valence-electron chi connectivity index (χ0n) is 39.0. The lowest BCUT2D eigenvalue weighted by atomic mass is 10.0. The maximum atomic E-state index is 12.4. The number of unbranched alkanes of at least 4 members (excludes halogenated alkanes) is 37. The van der Waals surface area contributed by atoms with Crippen molar-refractivity contribution in [3.8, 4) is 0 Å².